The van der Waals surface area contributed by atoms with Gasteiger partial charge in [0.1, 0.15) is 0 Å². The number of hydrogen-bond acceptors (Lipinski definition) is 5. The van der Waals surface area contributed by atoms with Crippen LogP contribution in [-0.4, -0.2) is 31.0 Å². The molecule has 3 heterocycles. The Kier molecular flexibility index (Phi) is 5.06. The average Bonchev–Trinajstić information content (AvgIpc) is 3.41. The molecule has 32 heavy (non-hydrogen) atoms. The molecule has 5 rings (SSSR count). The molecule has 0 bridgehead atoms. The van der Waals surface area contributed by atoms with Gasteiger partial charge in [0, 0.05) is 53.3 Å². The van der Waals surface area contributed by atoms with Gasteiger partial charge in [-0.1, -0.05) is 6.07 Å². The molecule has 0 radical (unpaired) electrons. The van der Waals surface area contributed by atoms with E-state index in [9.17, 15) is 9.90 Å². The van der Waals surface area contributed by atoms with E-state index in [0.717, 1.165) is 64.2 Å². The number of H-pyrrole nitrogens is 1. The number of aliphatic hydroxyl groups excluding tert-OH is 1. The third kappa shape index (κ3) is 3.69. The number of nitrogens with one attached hydrogen (secondary N) is 2. The molecule has 7 nitrogen and oxygen atoms in total. The summed E-state index contributed by atoms with van der Waals surface area (Å²) in [5, 5.41) is 21.6. The lowest BCUT2D eigenvalue weighted by Crippen LogP contribution is -2.19. The minimum atomic E-state index is -0.219. The minimum absolute atomic E-state index is 0.0369. The first-order chi connectivity index (χ1) is 15.4. The number of anilines is 2. The van der Waals surface area contributed by atoms with Gasteiger partial charge in [0.15, 0.2) is 5.82 Å². The highest BCUT2D eigenvalue weighted by Gasteiger charge is 2.25. The zero-order valence-corrected chi connectivity index (χ0v) is 18.5. The maximum atomic E-state index is 13.2. The van der Waals surface area contributed by atoms with Gasteiger partial charge >= 0.3 is 0 Å². The van der Waals surface area contributed by atoms with E-state index in [0.29, 0.717) is 11.5 Å². The fourth-order valence-electron chi connectivity index (χ4n) is 4.65. The highest BCUT2D eigenvalue weighted by Crippen LogP contribution is 2.35. The van der Waals surface area contributed by atoms with Crippen molar-refractivity contribution in [2.24, 2.45) is 7.05 Å². The number of aliphatic hydroxyl groups is 1. The average molecular weight is 430 g/mol. The second kappa shape index (κ2) is 7.91. The number of nitrogens with zero attached hydrogens (tertiary/aromatic N) is 3. The van der Waals surface area contributed by atoms with Crippen LogP contribution < -0.4 is 10.9 Å². The van der Waals surface area contributed by atoms with Gasteiger partial charge in [-0.2, -0.15) is 5.10 Å². The zero-order chi connectivity index (χ0) is 22.4. The first-order valence-corrected chi connectivity index (χ1v) is 11.0. The topological polar surface area (TPSA) is 95.8 Å². The molecule has 1 saturated carbocycles. The van der Waals surface area contributed by atoms with Gasteiger partial charge in [0.25, 0.3) is 5.56 Å². The third-order valence-corrected chi connectivity index (χ3v) is 6.49. The Labute approximate surface area is 186 Å². The molecule has 0 aliphatic heterocycles. The van der Waals surface area contributed by atoms with Gasteiger partial charge in [-0.3, -0.25) is 14.9 Å². The van der Waals surface area contributed by atoms with E-state index in [1.54, 1.807) is 11.6 Å². The maximum absolute atomic E-state index is 13.2. The summed E-state index contributed by atoms with van der Waals surface area (Å²) in [6, 6.07) is 11.9. The van der Waals surface area contributed by atoms with Crippen molar-refractivity contribution in [2.45, 2.75) is 45.1 Å². The van der Waals surface area contributed by atoms with E-state index in [-0.39, 0.29) is 11.7 Å². The van der Waals surface area contributed by atoms with Crippen molar-refractivity contribution in [1.29, 1.82) is 0 Å². The highest BCUT2D eigenvalue weighted by atomic mass is 16.3. The lowest BCUT2D eigenvalue weighted by molar-refractivity contribution is 0.181. The Morgan fingerprint density at radius 2 is 1.97 bits per heavy atom. The zero-order valence-electron chi connectivity index (χ0n) is 18.5. The Hall–Kier alpha value is -3.45. The van der Waals surface area contributed by atoms with Crippen LogP contribution in [0.15, 0.2) is 47.4 Å². The summed E-state index contributed by atoms with van der Waals surface area (Å²) in [7, 11) is 1.80. The van der Waals surface area contributed by atoms with Crippen LogP contribution in [0, 0.1) is 13.8 Å². The second-order valence-corrected chi connectivity index (χ2v) is 8.83. The van der Waals surface area contributed by atoms with E-state index in [2.05, 4.69) is 20.5 Å². The summed E-state index contributed by atoms with van der Waals surface area (Å²) < 4.78 is 1.69. The Balaban J connectivity index is 1.49. The Morgan fingerprint density at radius 1 is 1.12 bits per heavy atom. The number of pyridine rings is 2. The third-order valence-electron chi connectivity index (χ3n) is 6.49. The van der Waals surface area contributed by atoms with Crippen molar-refractivity contribution in [3.05, 3.63) is 69.9 Å². The van der Waals surface area contributed by atoms with Gasteiger partial charge in [0.2, 0.25) is 0 Å². The van der Waals surface area contributed by atoms with E-state index in [4.69, 9.17) is 0 Å². The number of rotatable bonds is 4. The number of aromatic amines is 1. The lowest BCUT2D eigenvalue weighted by atomic mass is 9.99. The fraction of sp³-hybridized carbons (Fsp3) is 0.320. The molecule has 164 valence electrons. The van der Waals surface area contributed by atoms with E-state index in [1.165, 1.54) is 0 Å². The molecule has 1 aliphatic rings. The van der Waals surface area contributed by atoms with Gasteiger partial charge in [-0.15, -0.1) is 0 Å². The summed E-state index contributed by atoms with van der Waals surface area (Å²) in [6.07, 6.45) is 4.18. The van der Waals surface area contributed by atoms with Crippen LogP contribution in [0.3, 0.4) is 0 Å². The normalized spacial score (nSPS) is 18.4. The maximum Gasteiger partial charge on any atom is 0.258 e. The van der Waals surface area contributed by atoms with Crippen LogP contribution in [0.5, 0.6) is 0 Å². The molecule has 0 saturated heterocycles. The molecule has 3 N–H and O–H groups in total. The molecule has 2 atom stereocenters. The highest BCUT2D eigenvalue weighted by molar-refractivity contribution is 5.85. The Bertz CT molecular complexity index is 1370. The lowest BCUT2D eigenvalue weighted by Gasteiger charge is -2.13. The van der Waals surface area contributed by atoms with E-state index in [1.807, 2.05) is 56.4 Å². The van der Waals surface area contributed by atoms with Crippen LogP contribution >= 0.6 is 0 Å². The standard InChI is InChI=1S/C25H27N5O2/c1-14-4-6-18(27-24-12-22(28-29-24)16-5-7-19(31)9-16)11-20(14)21-10-17-13-26-15(2)8-23(17)30(3)25(21)32/h4,6,8,10-13,16,19,31H,5,7,9H2,1-3H3,(H2,27,28,29). The molecule has 0 amide bonds. The number of benzene rings is 1. The molecule has 4 aromatic rings. The van der Waals surface area contributed by atoms with Gasteiger partial charge in [0.05, 0.1) is 11.6 Å². The van der Waals surface area contributed by atoms with Crippen LogP contribution in [0.2, 0.25) is 0 Å². The molecule has 1 aromatic carbocycles. The molecule has 1 aliphatic carbocycles. The molecule has 7 heteroatoms. The minimum Gasteiger partial charge on any atom is -0.393 e. The van der Waals surface area contributed by atoms with Crippen molar-refractivity contribution < 1.29 is 5.11 Å². The van der Waals surface area contributed by atoms with Crippen molar-refractivity contribution >= 4 is 22.4 Å². The number of fused-ring (bicyclic) bond motifs is 1. The predicted molar refractivity (Wildman–Crippen MR) is 126 cm³/mol. The molecule has 3 aromatic heterocycles. The summed E-state index contributed by atoms with van der Waals surface area (Å²) >= 11 is 0. The predicted octanol–water partition coefficient (Wildman–Crippen LogP) is 4.31. The fourth-order valence-corrected chi connectivity index (χ4v) is 4.65. The van der Waals surface area contributed by atoms with Crippen molar-refractivity contribution in [2.75, 3.05) is 5.32 Å². The first-order valence-electron chi connectivity index (χ1n) is 11.0. The molecule has 0 spiro atoms. The van der Waals surface area contributed by atoms with Crippen LogP contribution in [0.25, 0.3) is 22.0 Å². The van der Waals surface area contributed by atoms with Gasteiger partial charge < -0.3 is 15.0 Å². The number of aromatic nitrogens is 4. The number of hydrogen-bond donors (Lipinski definition) is 3. The van der Waals surface area contributed by atoms with E-state index >= 15 is 0 Å². The van der Waals surface area contributed by atoms with Gasteiger partial charge in [-0.05, 0) is 68.5 Å². The molecular weight excluding hydrogens is 402 g/mol. The van der Waals surface area contributed by atoms with Crippen LogP contribution in [0.1, 0.15) is 42.1 Å². The monoisotopic (exact) mass is 429 g/mol. The summed E-state index contributed by atoms with van der Waals surface area (Å²) in [6.45, 7) is 3.93. The molecular formula is C25H27N5O2. The van der Waals surface area contributed by atoms with Crippen molar-refractivity contribution in [1.82, 2.24) is 19.7 Å². The summed E-state index contributed by atoms with van der Waals surface area (Å²) in [5.74, 6) is 1.04. The van der Waals surface area contributed by atoms with Crippen LogP contribution in [-0.2, 0) is 7.05 Å². The van der Waals surface area contributed by atoms with Crippen molar-refractivity contribution in [3.8, 4) is 11.1 Å². The SMILES string of the molecule is Cc1cc2c(cn1)cc(-c1cc(Nc3cc(C4CCC(O)C4)[nH]n3)ccc1C)c(=O)n2C. The Morgan fingerprint density at radius 3 is 2.75 bits per heavy atom. The first kappa shape index (κ1) is 20.5. The second-order valence-electron chi connectivity index (χ2n) is 8.83. The summed E-state index contributed by atoms with van der Waals surface area (Å²) in [4.78, 5) is 17.6. The molecule has 1 fully saturated rings. The van der Waals surface area contributed by atoms with E-state index < -0.39 is 0 Å². The smallest absolute Gasteiger partial charge is 0.258 e. The molecule has 2 unspecified atom stereocenters. The van der Waals surface area contributed by atoms with Gasteiger partial charge in [-0.25, -0.2) is 0 Å². The summed E-state index contributed by atoms with van der Waals surface area (Å²) in [5.41, 5.74) is 6.18. The van der Waals surface area contributed by atoms with Crippen molar-refractivity contribution in [3.63, 3.8) is 0 Å². The van der Waals surface area contributed by atoms with Crippen LogP contribution in [0.4, 0.5) is 11.5 Å². The largest absolute Gasteiger partial charge is 0.393 e. The quantitative estimate of drug-likeness (QED) is 0.449. The number of aryl methyl sites for hydroxylation is 3.